The molecule has 1 aliphatic rings. The van der Waals surface area contributed by atoms with E-state index in [9.17, 15) is 5.11 Å². The van der Waals surface area contributed by atoms with E-state index in [2.05, 4.69) is 10.5 Å². The number of aryl methyl sites for hydroxylation is 1. The van der Waals surface area contributed by atoms with E-state index in [1.807, 2.05) is 25.1 Å². The molecule has 1 aliphatic carbocycles. The van der Waals surface area contributed by atoms with Gasteiger partial charge in [-0.05, 0) is 37.0 Å². The third-order valence-corrected chi connectivity index (χ3v) is 4.51. The summed E-state index contributed by atoms with van der Waals surface area (Å²) < 4.78 is 0. The second-order valence-corrected chi connectivity index (χ2v) is 5.98. The van der Waals surface area contributed by atoms with Crippen molar-refractivity contribution in [2.75, 3.05) is 6.61 Å². The Kier molecular flexibility index (Phi) is 5.20. The van der Waals surface area contributed by atoms with Crippen molar-refractivity contribution in [3.05, 3.63) is 34.9 Å². The molecule has 5 heteroatoms. The Morgan fingerprint density at radius 1 is 1.33 bits per heavy atom. The van der Waals surface area contributed by atoms with Crippen LogP contribution >= 0.6 is 0 Å². The van der Waals surface area contributed by atoms with E-state index in [1.54, 1.807) is 0 Å². The van der Waals surface area contributed by atoms with Crippen LogP contribution in [0.15, 0.2) is 23.4 Å². The van der Waals surface area contributed by atoms with Crippen LogP contribution in [0, 0.1) is 6.92 Å². The largest absolute Gasteiger partial charge is 0.409 e. The Hall–Kier alpha value is -1.59. The smallest absolute Gasteiger partial charge is 0.170 e. The molecule has 0 unspecified atom stereocenters. The van der Waals surface area contributed by atoms with Crippen LogP contribution in [0.25, 0.3) is 0 Å². The van der Waals surface area contributed by atoms with Gasteiger partial charge in [0.2, 0.25) is 0 Å². The van der Waals surface area contributed by atoms with Crippen molar-refractivity contribution in [3.8, 4) is 0 Å². The van der Waals surface area contributed by atoms with Crippen molar-refractivity contribution in [2.24, 2.45) is 10.9 Å². The van der Waals surface area contributed by atoms with Gasteiger partial charge in [0.1, 0.15) is 0 Å². The summed E-state index contributed by atoms with van der Waals surface area (Å²) in [5.41, 5.74) is 8.45. The quantitative estimate of drug-likeness (QED) is 0.288. The highest BCUT2D eigenvalue weighted by atomic mass is 16.4. The van der Waals surface area contributed by atoms with E-state index in [0.29, 0.717) is 5.56 Å². The fourth-order valence-corrected chi connectivity index (χ4v) is 3.01. The minimum Gasteiger partial charge on any atom is -0.409 e. The molecule has 116 valence electrons. The Morgan fingerprint density at radius 3 is 2.62 bits per heavy atom. The fraction of sp³-hybridized carbons (Fsp3) is 0.562. The maximum atomic E-state index is 9.72. The third-order valence-electron chi connectivity index (χ3n) is 4.51. The molecule has 0 atom stereocenters. The van der Waals surface area contributed by atoms with Crippen LogP contribution in [0.4, 0.5) is 0 Å². The van der Waals surface area contributed by atoms with Crippen LogP contribution in [-0.2, 0) is 6.54 Å². The van der Waals surface area contributed by atoms with Crippen molar-refractivity contribution in [1.82, 2.24) is 5.32 Å². The summed E-state index contributed by atoms with van der Waals surface area (Å²) in [4.78, 5) is 0. The van der Waals surface area contributed by atoms with Crippen LogP contribution in [0.2, 0.25) is 0 Å². The Labute approximate surface area is 125 Å². The summed E-state index contributed by atoms with van der Waals surface area (Å²) in [5, 5.41) is 25.0. The average molecular weight is 291 g/mol. The van der Waals surface area contributed by atoms with E-state index in [1.165, 1.54) is 24.8 Å². The highest BCUT2D eigenvalue weighted by Crippen LogP contribution is 2.28. The maximum Gasteiger partial charge on any atom is 0.170 e. The molecule has 1 aromatic carbocycles. The third kappa shape index (κ3) is 3.74. The molecule has 2 rings (SSSR count). The highest BCUT2D eigenvalue weighted by molar-refractivity contribution is 5.97. The van der Waals surface area contributed by atoms with Crippen LogP contribution < -0.4 is 11.1 Å². The number of aliphatic hydroxyl groups excluding tert-OH is 1. The molecule has 5 N–H and O–H groups in total. The van der Waals surface area contributed by atoms with Gasteiger partial charge in [-0.15, -0.1) is 0 Å². The molecule has 0 aromatic heterocycles. The maximum absolute atomic E-state index is 9.72. The van der Waals surface area contributed by atoms with Crippen molar-refractivity contribution in [2.45, 2.75) is 51.1 Å². The standard InChI is InChI=1S/C16H25N3O2/c1-12-9-13(15(17)19-21)5-6-14(12)10-18-16(11-20)7-3-2-4-8-16/h5-6,9,18,20-21H,2-4,7-8,10-11H2,1H3,(H2,17,19). The fourth-order valence-electron chi connectivity index (χ4n) is 3.01. The zero-order valence-corrected chi connectivity index (χ0v) is 12.6. The van der Waals surface area contributed by atoms with Gasteiger partial charge < -0.3 is 21.4 Å². The van der Waals surface area contributed by atoms with Crippen molar-refractivity contribution >= 4 is 5.84 Å². The number of aliphatic hydroxyl groups is 1. The minimum absolute atomic E-state index is 0.122. The molecule has 0 bridgehead atoms. The van der Waals surface area contributed by atoms with Crippen LogP contribution in [0.1, 0.15) is 48.8 Å². The van der Waals surface area contributed by atoms with E-state index in [0.717, 1.165) is 24.9 Å². The molecular weight excluding hydrogens is 266 g/mol. The Bertz CT molecular complexity index is 508. The molecular formula is C16H25N3O2. The molecule has 1 aromatic rings. The second kappa shape index (κ2) is 6.91. The van der Waals surface area contributed by atoms with Crippen molar-refractivity contribution in [1.29, 1.82) is 0 Å². The number of rotatable bonds is 5. The van der Waals surface area contributed by atoms with Gasteiger partial charge in [-0.25, -0.2) is 0 Å². The van der Waals surface area contributed by atoms with Crippen molar-refractivity contribution < 1.29 is 10.3 Å². The predicted octanol–water partition coefficient (Wildman–Crippen LogP) is 1.87. The lowest BCUT2D eigenvalue weighted by Crippen LogP contribution is -2.49. The predicted molar refractivity (Wildman–Crippen MR) is 83.4 cm³/mol. The average Bonchev–Trinajstić information content (AvgIpc) is 2.53. The summed E-state index contributed by atoms with van der Waals surface area (Å²) in [6.45, 7) is 2.93. The first-order valence-corrected chi connectivity index (χ1v) is 7.53. The zero-order chi connectivity index (χ0) is 15.3. The number of nitrogens with one attached hydrogen (secondary N) is 1. The van der Waals surface area contributed by atoms with E-state index in [-0.39, 0.29) is 18.0 Å². The van der Waals surface area contributed by atoms with Crippen molar-refractivity contribution in [3.63, 3.8) is 0 Å². The van der Waals surface area contributed by atoms with Crippen LogP contribution in [-0.4, -0.2) is 28.3 Å². The van der Waals surface area contributed by atoms with Gasteiger partial charge in [-0.3, -0.25) is 0 Å². The summed E-state index contributed by atoms with van der Waals surface area (Å²) in [7, 11) is 0. The topological polar surface area (TPSA) is 90.9 Å². The lowest BCUT2D eigenvalue weighted by atomic mass is 9.82. The molecule has 21 heavy (non-hydrogen) atoms. The molecule has 0 amide bonds. The molecule has 0 saturated heterocycles. The summed E-state index contributed by atoms with van der Waals surface area (Å²) in [6, 6.07) is 5.76. The normalized spacial score (nSPS) is 18.7. The lowest BCUT2D eigenvalue weighted by molar-refractivity contribution is 0.119. The number of hydrogen-bond acceptors (Lipinski definition) is 4. The second-order valence-electron chi connectivity index (χ2n) is 5.98. The first kappa shape index (κ1) is 15.8. The number of nitrogens with two attached hydrogens (primary N) is 1. The summed E-state index contributed by atoms with van der Waals surface area (Å²) in [6.07, 6.45) is 5.68. The molecule has 1 fully saturated rings. The molecule has 0 heterocycles. The molecule has 1 saturated carbocycles. The number of nitrogens with zero attached hydrogens (tertiary/aromatic N) is 1. The molecule has 5 nitrogen and oxygen atoms in total. The van der Waals surface area contributed by atoms with Gasteiger partial charge in [0.25, 0.3) is 0 Å². The molecule has 0 radical (unpaired) electrons. The van der Waals surface area contributed by atoms with E-state index >= 15 is 0 Å². The molecule has 0 aliphatic heterocycles. The Balaban J connectivity index is 2.06. The number of amidine groups is 1. The first-order chi connectivity index (χ1) is 10.1. The SMILES string of the molecule is Cc1cc(/C(N)=N/O)ccc1CNC1(CO)CCCCC1. The number of oxime groups is 1. The van der Waals surface area contributed by atoms with Crippen LogP contribution in [0.5, 0.6) is 0 Å². The lowest BCUT2D eigenvalue weighted by Gasteiger charge is -2.37. The zero-order valence-electron chi connectivity index (χ0n) is 12.6. The first-order valence-electron chi connectivity index (χ1n) is 7.53. The molecule has 0 spiro atoms. The van der Waals surface area contributed by atoms with Gasteiger partial charge in [0, 0.05) is 17.6 Å². The summed E-state index contributed by atoms with van der Waals surface area (Å²) >= 11 is 0. The summed E-state index contributed by atoms with van der Waals surface area (Å²) in [5.74, 6) is 0.122. The van der Waals surface area contributed by atoms with Gasteiger partial charge in [-0.1, -0.05) is 36.6 Å². The van der Waals surface area contributed by atoms with Gasteiger partial charge in [-0.2, -0.15) is 0 Å². The van der Waals surface area contributed by atoms with Crippen LogP contribution in [0.3, 0.4) is 0 Å². The number of benzene rings is 1. The monoisotopic (exact) mass is 291 g/mol. The minimum atomic E-state index is -0.130. The highest BCUT2D eigenvalue weighted by Gasteiger charge is 2.30. The van der Waals surface area contributed by atoms with Gasteiger partial charge in [0.15, 0.2) is 5.84 Å². The number of hydrogen-bond donors (Lipinski definition) is 4. The van der Waals surface area contributed by atoms with Gasteiger partial charge in [0.05, 0.1) is 6.61 Å². The van der Waals surface area contributed by atoms with Gasteiger partial charge >= 0.3 is 0 Å². The van der Waals surface area contributed by atoms with E-state index in [4.69, 9.17) is 10.9 Å². The Morgan fingerprint density at radius 2 is 2.05 bits per heavy atom. The van der Waals surface area contributed by atoms with E-state index < -0.39 is 0 Å².